The topological polar surface area (TPSA) is 41.1 Å². The summed E-state index contributed by atoms with van der Waals surface area (Å²) in [5, 5.41) is 6.10. The molecule has 1 amide bonds. The third-order valence-corrected chi connectivity index (χ3v) is 4.18. The van der Waals surface area contributed by atoms with Gasteiger partial charge in [0.25, 0.3) is 0 Å². The number of hydrogen-bond acceptors (Lipinski definition) is 2. The minimum absolute atomic E-state index is 0.0722. The fourth-order valence-corrected chi connectivity index (χ4v) is 2.93. The molecule has 1 atom stereocenters. The standard InChI is InChI=1S/C16H14BrFN2O/c17-13-8-11(5-6-14(13)18)20-16(21)7-10-9-19-15-4-2-1-3-12(10)15/h1-6,8,10,19H,7,9H2,(H,20,21). The second kappa shape index (κ2) is 5.85. The number of halogens is 2. The molecule has 0 saturated carbocycles. The Hall–Kier alpha value is -1.88. The van der Waals surface area contributed by atoms with Gasteiger partial charge in [-0.15, -0.1) is 0 Å². The highest BCUT2D eigenvalue weighted by Gasteiger charge is 2.23. The molecule has 0 aliphatic carbocycles. The predicted molar refractivity (Wildman–Crippen MR) is 85.0 cm³/mol. The van der Waals surface area contributed by atoms with Crippen LogP contribution in [-0.2, 0) is 4.79 Å². The molecule has 3 rings (SSSR count). The number of para-hydroxylation sites is 1. The molecule has 0 bridgehead atoms. The van der Waals surface area contributed by atoms with E-state index in [2.05, 4.69) is 26.6 Å². The van der Waals surface area contributed by atoms with Crippen LogP contribution in [0.5, 0.6) is 0 Å². The van der Waals surface area contributed by atoms with Crippen LogP contribution >= 0.6 is 15.9 Å². The summed E-state index contributed by atoms with van der Waals surface area (Å²) in [4.78, 5) is 12.1. The molecular formula is C16H14BrFN2O. The van der Waals surface area contributed by atoms with Gasteiger partial charge in [0, 0.05) is 30.3 Å². The molecule has 5 heteroatoms. The predicted octanol–water partition coefficient (Wildman–Crippen LogP) is 4.13. The highest BCUT2D eigenvalue weighted by molar-refractivity contribution is 9.10. The number of rotatable bonds is 3. The number of hydrogen-bond donors (Lipinski definition) is 2. The number of amides is 1. The van der Waals surface area contributed by atoms with Crippen molar-refractivity contribution in [2.24, 2.45) is 0 Å². The van der Waals surface area contributed by atoms with Crippen LogP contribution in [0.25, 0.3) is 0 Å². The first-order valence-corrected chi connectivity index (χ1v) is 7.50. The van der Waals surface area contributed by atoms with E-state index in [9.17, 15) is 9.18 Å². The number of anilines is 2. The second-order valence-corrected chi connectivity index (χ2v) is 5.90. The molecule has 21 heavy (non-hydrogen) atoms. The van der Waals surface area contributed by atoms with Gasteiger partial charge in [0.2, 0.25) is 5.91 Å². The smallest absolute Gasteiger partial charge is 0.225 e. The zero-order valence-electron chi connectivity index (χ0n) is 11.2. The van der Waals surface area contributed by atoms with Gasteiger partial charge in [0.15, 0.2) is 0 Å². The maximum atomic E-state index is 13.2. The van der Waals surface area contributed by atoms with E-state index in [0.29, 0.717) is 16.6 Å². The SMILES string of the molecule is O=C(CC1CNc2ccccc21)Nc1ccc(F)c(Br)c1. The Morgan fingerprint density at radius 3 is 2.95 bits per heavy atom. The minimum Gasteiger partial charge on any atom is -0.384 e. The lowest BCUT2D eigenvalue weighted by Gasteiger charge is -2.11. The summed E-state index contributed by atoms with van der Waals surface area (Å²) in [6.45, 7) is 0.764. The highest BCUT2D eigenvalue weighted by Crippen LogP contribution is 2.33. The number of fused-ring (bicyclic) bond motifs is 1. The Bertz CT molecular complexity index is 690. The van der Waals surface area contributed by atoms with Crippen molar-refractivity contribution in [2.45, 2.75) is 12.3 Å². The van der Waals surface area contributed by atoms with Gasteiger partial charge >= 0.3 is 0 Å². The lowest BCUT2D eigenvalue weighted by molar-refractivity contribution is -0.116. The molecule has 1 heterocycles. The Morgan fingerprint density at radius 2 is 2.14 bits per heavy atom. The van der Waals surface area contributed by atoms with Crippen LogP contribution in [0, 0.1) is 5.82 Å². The number of benzene rings is 2. The first-order chi connectivity index (χ1) is 10.1. The Kier molecular flexibility index (Phi) is 3.92. The third kappa shape index (κ3) is 3.08. The molecule has 2 aromatic rings. The van der Waals surface area contributed by atoms with Crippen LogP contribution in [-0.4, -0.2) is 12.5 Å². The van der Waals surface area contributed by atoms with Crippen LogP contribution in [0.15, 0.2) is 46.9 Å². The molecule has 1 aliphatic rings. The van der Waals surface area contributed by atoms with Crippen LogP contribution < -0.4 is 10.6 Å². The van der Waals surface area contributed by atoms with Crippen molar-refractivity contribution in [3.8, 4) is 0 Å². The second-order valence-electron chi connectivity index (χ2n) is 5.05. The van der Waals surface area contributed by atoms with Gasteiger partial charge in [-0.2, -0.15) is 0 Å². The largest absolute Gasteiger partial charge is 0.384 e. The zero-order valence-corrected chi connectivity index (χ0v) is 12.8. The summed E-state index contributed by atoms with van der Waals surface area (Å²) in [6.07, 6.45) is 0.402. The lowest BCUT2D eigenvalue weighted by atomic mass is 9.97. The van der Waals surface area contributed by atoms with E-state index in [0.717, 1.165) is 12.2 Å². The Morgan fingerprint density at radius 1 is 1.33 bits per heavy atom. The van der Waals surface area contributed by atoms with Gasteiger partial charge in [-0.25, -0.2) is 4.39 Å². The van der Waals surface area contributed by atoms with Crippen molar-refractivity contribution in [1.82, 2.24) is 0 Å². The molecule has 1 aliphatic heterocycles. The van der Waals surface area contributed by atoms with Crippen LogP contribution in [0.4, 0.5) is 15.8 Å². The summed E-state index contributed by atoms with van der Waals surface area (Å²) in [5.41, 5.74) is 2.86. The fourth-order valence-electron chi connectivity index (χ4n) is 2.55. The number of nitrogens with one attached hydrogen (secondary N) is 2. The van der Waals surface area contributed by atoms with Crippen LogP contribution in [0.2, 0.25) is 0 Å². The van der Waals surface area contributed by atoms with Crippen molar-refractivity contribution < 1.29 is 9.18 Å². The average molecular weight is 349 g/mol. The van der Waals surface area contributed by atoms with E-state index in [-0.39, 0.29) is 17.6 Å². The van der Waals surface area contributed by atoms with E-state index in [1.165, 1.54) is 11.6 Å². The van der Waals surface area contributed by atoms with Gasteiger partial charge in [-0.1, -0.05) is 18.2 Å². The molecule has 0 radical (unpaired) electrons. The molecule has 2 aromatic carbocycles. The molecule has 0 saturated heterocycles. The van der Waals surface area contributed by atoms with Crippen molar-refractivity contribution in [1.29, 1.82) is 0 Å². The molecular weight excluding hydrogens is 335 g/mol. The van der Waals surface area contributed by atoms with E-state index in [1.54, 1.807) is 12.1 Å². The number of carbonyl (C=O) groups excluding carboxylic acids is 1. The Balaban J connectivity index is 1.66. The first-order valence-electron chi connectivity index (χ1n) is 6.71. The van der Waals surface area contributed by atoms with E-state index >= 15 is 0 Å². The van der Waals surface area contributed by atoms with Crippen LogP contribution in [0.1, 0.15) is 17.9 Å². The van der Waals surface area contributed by atoms with Crippen molar-refractivity contribution in [3.05, 3.63) is 58.3 Å². The highest BCUT2D eigenvalue weighted by atomic mass is 79.9. The van der Waals surface area contributed by atoms with Gasteiger partial charge < -0.3 is 10.6 Å². The molecule has 108 valence electrons. The lowest BCUT2D eigenvalue weighted by Crippen LogP contribution is -2.16. The summed E-state index contributed by atoms with van der Waals surface area (Å²) in [7, 11) is 0. The quantitative estimate of drug-likeness (QED) is 0.875. The summed E-state index contributed by atoms with van der Waals surface area (Å²) in [6, 6.07) is 12.5. The first kappa shape index (κ1) is 14.1. The molecule has 2 N–H and O–H groups in total. The van der Waals surface area contributed by atoms with Gasteiger partial charge in [-0.3, -0.25) is 4.79 Å². The van der Waals surface area contributed by atoms with Crippen molar-refractivity contribution >= 4 is 33.2 Å². The summed E-state index contributed by atoms with van der Waals surface area (Å²) >= 11 is 3.11. The fraction of sp³-hybridized carbons (Fsp3) is 0.188. The van der Waals surface area contributed by atoms with E-state index < -0.39 is 0 Å². The maximum Gasteiger partial charge on any atom is 0.225 e. The van der Waals surface area contributed by atoms with Gasteiger partial charge in [0.1, 0.15) is 5.82 Å². The molecule has 0 spiro atoms. The third-order valence-electron chi connectivity index (χ3n) is 3.57. The Labute approximate surface area is 130 Å². The normalized spacial score (nSPS) is 16.2. The van der Waals surface area contributed by atoms with Gasteiger partial charge in [0.05, 0.1) is 4.47 Å². The molecule has 0 aromatic heterocycles. The summed E-state index contributed by atoms with van der Waals surface area (Å²) < 4.78 is 13.5. The minimum atomic E-state index is -0.345. The number of carbonyl (C=O) groups is 1. The van der Waals surface area contributed by atoms with Gasteiger partial charge in [-0.05, 0) is 45.8 Å². The monoisotopic (exact) mass is 348 g/mol. The van der Waals surface area contributed by atoms with E-state index in [4.69, 9.17) is 0 Å². The van der Waals surface area contributed by atoms with Crippen LogP contribution in [0.3, 0.4) is 0 Å². The van der Waals surface area contributed by atoms with Crippen molar-refractivity contribution in [3.63, 3.8) is 0 Å². The van der Waals surface area contributed by atoms with Crippen molar-refractivity contribution in [2.75, 3.05) is 17.2 Å². The zero-order chi connectivity index (χ0) is 14.8. The van der Waals surface area contributed by atoms with E-state index in [1.807, 2.05) is 24.3 Å². The molecule has 0 fully saturated rings. The molecule has 1 unspecified atom stereocenters. The maximum absolute atomic E-state index is 13.2. The average Bonchev–Trinajstić information content (AvgIpc) is 2.86. The summed E-state index contributed by atoms with van der Waals surface area (Å²) in [5.74, 6) is -0.246. The molecule has 3 nitrogen and oxygen atoms in total.